The predicted molar refractivity (Wildman–Crippen MR) is 66.4 cm³/mol. The molecular formula is C12H25N3O. The molecule has 0 aromatic rings. The van der Waals surface area contributed by atoms with E-state index in [1.54, 1.807) is 0 Å². The second-order valence-corrected chi connectivity index (χ2v) is 5.09. The molecule has 0 spiro atoms. The molecule has 16 heavy (non-hydrogen) atoms. The van der Waals surface area contributed by atoms with Crippen LogP contribution in [0.25, 0.3) is 0 Å². The first kappa shape index (κ1) is 13.5. The maximum absolute atomic E-state index is 11.5. The number of nitrogens with zero attached hydrogens (tertiary/aromatic N) is 2. The number of hydrogen-bond donors (Lipinski definition) is 1. The Bertz CT molecular complexity index is 210. The molecule has 0 bridgehead atoms. The van der Waals surface area contributed by atoms with Crippen LogP contribution in [0.3, 0.4) is 0 Å². The van der Waals surface area contributed by atoms with Gasteiger partial charge < -0.3 is 15.1 Å². The molecule has 1 N–H and O–H groups in total. The second-order valence-electron chi connectivity index (χ2n) is 5.09. The largest absolute Gasteiger partial charge is 0.356 e. The van der Waals surface area contributed by atoms with Crippen molar-refractivity contribution in [2.24, 2.45) is 5.92 Å². The van der Waals surface area contributed by atoms with Gasteiger partial charge in [-0.2, -0.15) is 0 Å². The average molecular weight is 227 g/mol. The highest BCUT2D eigenvalue weighted by atomic mass is 16.1. The molecule has 1 amide bonds. The summed E-state index contributed by atoms with van der Waals surface area (Å²) in [6, 6.07) is 0. The van der Waals surface area contributed by atoms with E-state index in [-0.39, 0.29) is 5.91 Å². The lowest BCUT2D eigenvalue weighted by Gasteiger charge is -2.32. The lowest BCUT2D eigenvalue weighted by Crippen LogP contribution is -2.45. The Morgan fingerprint density at radius 1 is 1.25 bits per heavy atom. The third kappa shape index (κ3) is 5.47. The molecule has 1 rings (SSSR count). The number of rotatable bonds is 5. The Kier molecular flexibility index (Phi) is 5.77. The summed E-state index contributed by atoms with van der Waals surface area (Å²) >= 11 is 0. The zero-order valence-corrected chi connectivity index (χ0v) is 10.8. The van der Waals surface area contributed by atoms with Crippen LogP contribution in [0.4, 0.5) is 0 Å². The SMILES string of the molecule is CC(C)CNC(=O)CCN1CCN(C)CC1. The van der Waals surface area contributed by atoms with Gasteiger partial charge in [0, 0.05) is 45.7 Å². The number of carbonyl (C=O) groups is 1. The number of piperazine rings is 1. The lowest BCUT2D eigenvalue weighted by molar-refractivity contribution is -0.121. The minimum Gasteiger partial charge on any atom is -0.356 e. The Morgan fingerprint density at radius 3 is 2.44 bits per heavy atom. The highest BCUT2D eigenvalue weighted by Crippen LogP contribution is 2.00. The molecule has 4 nitrogen and oxygen atoms in total. The molecule has 0 atom stereocenters. The monoisotopic (exact) mass is 227 g/mol. The first-order chi connectivity index (χ1) is 7.58. The van der Waals surface area contributed by atoms with Gasteiger partial charge >= 0.3 is 0 Å². The Balaban J connectivity index is 2.07. The number of carbonyl (C=O) groups excluding carboxylic acids is 1. The fourth-order valence-electron chi connectivity index (χ4n) is 1.74. The van der Waals surface area contributed by atoms with Crippen molar-refractivity contribution in [1.29, 1.82) is 0 Å². The molecule has 0 unspecified atom stereocenters. The molecular weight excluding hydrogens is 202 g/mol. The quantitative estimate of drug-likeness (QED) is 0.738. The molecule has 1 heterocycles. The molecule has 0 aliphatic carbocycles. The summed E-state index contributed by atoms with van der Waals surface area (Å²) in [5, 5.41) is 2.95. The molecule has 1 aliphatic rings. The van der Waals surface area contributed by atoms with E-state index in [1.165, 1.54) is 0 Å². The molecule has 0 aromatic carbocycles. The highest BCUT2D eigenvalue weighted by Gasteiger charge is 2.14. The standard InChI is InChI=1S/C12H25N3O/c1-11(2)10-13-12(16)4-5-15-8-6-14(3)7-9-15/h11H,4-10H2,1-3H3,(H,13,16). The third-order valence-corrected chi connectivity index (χ3v) is 2.96. The van der Waals surface area contributed by atoms with Gasteiger partial charge in [-0.15, -0.1) is 0 Å². The van der Waals surface area contributed by atoms with Crippen molar-refractivity contribution in [2.45, 2.75) is 20.3 Å². The van der Waals surface area contributed by atoms with Crippen molar-refractivity contribution in [1.82, 2.24) is 15.1 Å². The molecule has 1 saturated heterocycles. The predicted octanol–water partition coefficient (Wildman–Crippen LogP) is 0.396. The van der Waals surface area contributed by atoms with E-state index in [2.05, 4.69) is 36.0 Å². The molecule has 0 aromatic heterocycles. The van der Waals surface area contributed by atoms with Crippen LogP contribution in [0, 0.1) is 5.92 Å². The number of amides is 1. The highest BCUT2D eigenvalue weighted by molar-refractivity contribution is 5.76. The topological polar surface area (TPSA) is 35.6 Å². The van der Waals surface area contributed by atoms with Gasteiger partial charge in [-0.3, -0.25) is 4.79 Å². The average Bonchev–Trinajstić information content (AvgIpc) is 2.25. The minimum absolute atomic E-state index is 0.188. The Hall–Kier alpha value is -0.610. The van der Waals surface area contributed by atoms with Crippen LogP contribution in [0.15, 0.2) is 0 Å². The van der Waals surface area contributed by atoms with Crippen LogP contribution in [0.5, 0.6) is 0 Å². The molecule has 0 radical (unpaired) electrons. The summed E-state index contributed by atoms with van der Waals surface area (Å²) in [5.74, 6) is 0.722. The summed E-state index contributed by atoms with van der Waals surface area (Å²) in [7, 11) is 2.15. The Morgan fingerprint density at radius 2 is 1.88 bits per heavy atom. The summed E-state index contributed by atoms with van der Waals surface area (Å²) in [4.78, 5) is 16.2. The number of likely N-dealkylation sites (N-methyl/N-ethyl adjacent to an activating group) is 1. The van der Waals surface area contributed by atoms with E-state index < -0.39 is 0 Å². The lowest BCUT2D eigenvalue weighted by atomic mass is 10.2. The number of hydrogen-bond acceptors (Lipinski definition) is 3. The third-order valence-electron chi connectivity index (χ3n) is 2.96. The zero-order valence-electron chi connectivity index (χ0n) is 10.8. The van der Waals surface area contributed by atoms with E-state index in [1.807, 2.05) is 0 Å². The summed E-state index contributed by atoms with van der Waals surface area (Å²) in [5.41, 5.74) is 0. The molecule has 4 heteroatoms. The second kappa shape index (κ2) is 6.86. The van der Waals surface area contributed by atoms with Gasteiger partial charge in [0.1, 0.15) is 0 Å². The van der Waals surface area contributed by atoms with Crippen molar-refractivity contribution in [3.05, 3.63) is 0 Å². The van der Waals surface area contributed by atoms with Crippen molar-refractivity contribution < 1.29 is 4.79 Å². The van der Waals surface area contributed by atoms with Crippen LogP contribution in [0.2, 0.25) is 0 Å². The first-order valence-corrected chi connectivity index (χ1v) is 6.25. The molecule has 0 saturated carbocycles. The zero-order chi connectivity index (χ0) is 12.0. The number of nitrogens with one attached hydrogen (secondary N) is 1. The fourth-order valence-corrected chi connectivity index (χ4v) is 1.74. The van der Waals surface area contributed by atoms with Gasteiger partial charge in [0.15, 0.2) is 0 Å². The van der Waals surface area contributed by atoms with Gasteiger partial charge in [-0.05, 0) is 13.0 Å². The van der Waals surface area contributed by atoms with Crippen LogP contribution in [0.1, 0.15) is 20.3 Å². The molecule has 1 aliphatic heterocycles. The maximum atomic E-state index is 11.5. The van der Waals surface area contributed by atoms with Crippen LogP contribution >= 0.6 is 0 Å². The van der Waals surface area contributed by atoms with E-state index >= 15 is 0 Å². The van der Waals surface area contributed by atoms with Crippen molar-refractivity contribution in [2.75, 3.05) is 46.3 Å². The Labute approximate surface area is 99.0 Å². The van der Waals surface area contributed by atoms with E-state index in [9.17, 15) is 4.79 Å². The summed E-state index contributed by atoms with van der Waals surface area (Å²) in [6.45, 7) is 10.3. The molecule has 1 fully saturated rings. The van der Waals surface area contributed by atoms with Gasteiger partial charge in [-0.25, -0.2) is 0 Å². The van der Waals surface area contributed by atoms with E-state index in [4.69, 9.17) is 0 Å². The summed E-state index contributed by atoms with van der Waals surface area (Å²) < 4.78 is 0. The normalized spacial score (nSPS) is 19.0. The van der Waals surface area contributed by atoms with E-state index in [0.29, 0.717) is 12.3 Å². The summed E-state index contributed by atoms with van der Waals surface area (Å²) in [6.07, 6.45) is 0.635. The van der Waals surface area contributed by atoms with Gasteiger partial charge in [0.25, 0.3) is 0 Å². The van der Waals surface area contributed by atoms with E-state index in [0.717, 1.165) is 39.3 Å². The van der Waals surface area contributed by atoms with Gasteiger partial charge in [-0.1, -0.05) is 13.8 Å². The van der Waals surface area contributed by atoms with Crippen molar-refractivity contribution in [3.8, 4) is 0 Å². The van der Waals surface area contributed by atoms with Crippen LogP contribution < -0.4 is 5.32 Å². The van der Waals surface area contributed by atoms with Crippen molar-refractivity contribution in [3.63, 3.8) is 0 Å². The smallest absolute Gasteiger partial charge is 0.221 e. The minimum atomic E-state index is 0.188. The molecule has 94 valence electrons. The maximum Gasteiger partial charge on any atom is 0.221 e. The van der Waals surface area contributed by atoms with Crippen molar-refractivity contribution >= 4 is 5.91 Å². The van der Waals surface area contributed by atoms with Crippen LogP contribution in [-0.2, 0) is 4.79 Å². The van der Waals surface area contributed by atoms with Crippen LogP contribution in [-0.4, -0.2) is 62.0 Å². The first-order valence-electron chi connectivity index (χ1n) is 6.25. The fraction of sp³-hybridized carbons (Fsp3) is 0.917. The van der Waals surface area contributed by atoms with Gasteiger partial charge in [0.05, 0.1) is 0 Å². The van der Waals surface area contributed by atoms with Gasteiger partial charge in [0.2, 0.25) is 5.91 Å².